The average molecular weight is 259 g/mol. The van der Waals surface area contributed by atoms with Gasteiger partial charge in [0.15, 0.2) is 0 Å². The second-order valence-corrected chi connectivity index (χ2v) is 4.55. The molecule has 0 amide bonds. The normalized spacial score (nSPS) is 14.6. The molecule has 3 nitrogen and oxygen atoms in total. The number of hydrogen-bond donors (Lipinski definition) is 2. The zero-order valence-electron chi connectivity index (χ0n) is 10.2. The summed E-state index contributed by atoms with van der Waals surface area (Å²) in [6, 6.07) is 5.66. The van der Waals surface area contributed by atoms with Crippen LogP contribution in [0.3, 0.4) is 0 Å². The number of aliphatic hydroxyl groups excluding tert-OH is 2. The number of rotatable bonds is 6. The second kappa shape index (κ2) is 6.97. The van der Waals surface area contributed by atoms with Crippen molar-refractivity contribution in [1.29, 1.82) is 0 Å². The van der Waals surface area contributed by atoms with Crippen molar-refractivity contribution in [2.75, 3.05) is 13.2 Å². The molecule has 2 N–H and O–H groups in total. The summed E-state index contributed by atoms with van der Waals surface area (Å²) in [7, 11) is 0. The predicted octanol–water partition coefficient (Wildman–Crippen LogP) is 2.47. The summed E-state index contributed by atoms with van der Waals surface area (Å²) in [5, 5.41) is 18.7. The van der Waals surface area contributed by atoms with Crippen LogP contribution in [0.2, 0.25) is 5.02 Å². The molecule has 0 aromatic heterocycles. The molecular weight excluding hydrogens is 240 g/mol. The van der Waals surface area contributed by atoms with Gasteiger partial charge in [-0.3, -0.25) is 0 Å². The molecule has 0 heterocycles. The summed E-state index contributed by atoms with van der Waals surface area (Å²) in [4.78, 5) is 0. The van der Waals surface area contributed by atoms with Gasteiger partial charge in [0.25, 0.3) is 0 Å². The van der Waals surface area contributed by atoms with E-state index in [2.05, 4.69) is 0 Å². The molecule has 0 fully saturated rings. The Kier molecular flexibility index (Phi) is 5.92. The van der Waals surface area contributed by atoms with Gasteiger partial charge in [-0.1, -0.05) is 23.7 Å². The highest BCUT2D eigenvalue weighted by Gasteiger charge is 2.15. The smallest absolute Gasteiger partial charge is 0.0851 e. The number of benzene rings is 1. The first-order chi connectivity index (χ1) is 8.08. The molecule has 2 atom stereocenters. The van der Waals surface area contributed by atoms with Gasteiger partial charge in [-0.05, 0) is 31.0 Å². The van der Waals surface area contributed by atoms with Gasteiger partial charge in [0.2, 0.25) is 0 Å². The Morgan fingerprint density at radius 3 is 2.59 bits per heavy atom. The Bertz CT molecular complexity index is 355. The van der Waals surface area contributed by atoms with Crippen molar-refractivity contribution < 1.29 is 14.9 Å². The Balaban J connectivity index is 2.84. The Labute approximate surface area is 107 Å². The molecule has 0 aliphatic rings. The molecule has 1 aromatic carbocycles. The minimum atomic E-state index is -0.248. The zero-order chi connectivity index (χ0) is 12.8. The lowest BCUT2D eigenvalue weighted by Gasteiger charge is -2.21. The minimum Gasteiger partial charge on any atom is -0.396 e. The van der Waals surface area contributed by atoms with Crippen LogP contribution in [0.15, 0.2) is 18.2 Å². The molecule has 17 heavy (non-hydrogen) atoms. The molecular formula is C13H19ClO3. The Hall–Kier alpha value is -0.610. The highest BCUT2D eigenvalue weighted by Crippen LogP contribution is 2.26. The second-order valence-electron chi connectivity index (χ2n) is 4.14. The van der Waals surface area contributed by atoms with E-state index >= 15 is 0 Å². The average Bonchev–Trinajstić information content (AvgIpc) is 2.32. The minimum absolute atomic E-state index is 0.0332. The van der Waals surface area contributed by atoms with Crippen molar-refractivity contribution in [1.82, 2.24) is 0 Å². The maximum absolute atomic E-state index is 9.04. The van der Waals surface area contributed by atoms with E-state index in [1.54, 1.807) is 6.92 Å². The van der Waals surface area contributed by atoms with Gasteiger partial charge in [-0.25, -0.2) is 0 Å². The monoisotopic (exact) mass is 258 g/mol. The fourth-order valence-corrected chi connectivity index (χ4v) is 1.74. The van der Waals surface area contributed by atoms with Crippen molar-refractivity contribution in [2.45, 2.75) is 32.5 Å². The summed E-state index contributed by atoms with van der Waals surface area (Å²) < 4.78 is 5.67. The fraction of sp³-hybridized carbons (Fsp3) is 0.538. The highest BCUT2D eigenvalue weighted by molar-refractivity contribution is 6.31. The van der Waals surface area contributed by atoms with Crippen molar-refractivity contribution in [3.8, 4) is 0 Å². The summed E-state index contributed by atoms with van der Waals surface area (Å²) >= 11 is 5.97. The SMILES string of the molecule is Cc1cc([C@@H](CCO)OC(C)CO)ccc1Cl. The molecule has 0 bridgehead atoms. The molecule has 1 rings (SSSR count). The Morgan fingerprint density at radius 1 is 1.35 bits per heavy atom. The molecule has 0 spiro atoms. The van der Waals surface area contributed by atoms with Gasteiger partial charge in [0.05, 0.1) is 18.8 Å². The van der Waals surface area contributed by atoms with Crippen molar-refractivity contribution in [3.63, 3.8) is 0 Å². The summed E-state index contributed by atoms with van der Waals surface area (Å²) in [6.45, 7) is 3.74. The number of halogens is 1. The standard InChI is InChI=1S/C13H19ClO3/c1-9-7-11(3-4-12(9)14)13(5-6-15)17-10(2)8-16/h3-4,7,10,13,15-16H,5-6,8H2,1-2H3/t10?,13-/m1/s1. The largest absolute Gasteiger partial charge is 0.396 e. The van der Waals surface area contributed by atoms with Gasteiger partial charge in [0, 0.05) is 18.1 Å². The molecule has 0 radical (unpaired) electrons. The lowest BCUT2D eigenvalue weighted by atomic mass is 10.0. The third-order valence-electron chi connectivity index (χ3n) is 2.60. The molecule has 0 saturated carbocycles. The Morgan fingerprint density at radius 2 is 2.06 bits per heavy atom. The van der Waals surface area contributed by atoms with Gasteiger partial charge in [-0.2, -0.15) is 0 Å². The molecule has 1 aromatic rings. The first kappa shape index (κ1) is 14.5. The van der Waals surface area contributed by atoms with E-state index in [4.69, 9.17) is 26.6 Å². The van der Waals surface area contributed by atoms with E-state index in [9.17, 15) is 0 Å². The van der Waals surface area contributed by atoms with Crippen molar-refractivity contribution in [2.24, 2.45) is 0 Å². The molecule has 0 saturated heterocycles. The summed E-state index contributed by atoms with van der Waals surface area (Å²) in [5.41, 5.74) is 1.95. The summed E-state index contributed by atoms with van der Waals surface area (Å²) in [6.07, 6.45) is 0.0476. The van der Waals surface area contributed by atoms with Crippen molar-refractivity contribution >= 4 is 11.6 Å². The molecule has 96 valence electrons. The lowest BCUT2D eigenvalue weighted by molar-refractivity contribution is -0.0398. The third-order valence-corrected chi connectivity index (χ3v) is 3.02. The molecule has 0 aliphatic heterocycles. The van der Waals surface area contributed by atoms with Crippen LogP contribution in [-0.4, -0.2) is 29.5 Å². The van der Waals surface area contributed by atoms with Crippen LogP contribution in [0.5, 0.6) is 0 Å². The maximum Gasteiger partial charge on any atom is 0.0851 e. The van der Waals surface area contributed by atoms with Crippen LogP contribution in [0.4, 0.5) is 0 Å². The van der Waals surface area contributed by atoms with Gasteiger partial charge < -0.3 is 14.9 Å². The quantitative estimate of drug-likeness (QED) is 0.824. The molecule has 4 heteroatoms. The van der Waals surface area contributed by atoms with Crippen LogP contribution in [0.25, 0.3) is 0 Å². The fourth-order valence-electron chi connectivity index (χ4n) is 1.62. The van der Waals surface area contributed by atoms with E-state index in [0.29, 0.717) is 11.4 Å². The van der Waals surface area contributed by atoms with Gasteiger partial charge in [-0.15, -0.1) is 0 Å². The van der Waals surface area contributed by atoms with Crippen LogP contribution in [-0.2, 0) is 4.74 Å². The number of aryl methyl sites for hydroxylation is 1. The summed E-state index contributed by atoms with van der Waals surface area (Å²) in [5.74, 6) is 0. The predicted molar refractivity (Wildman–Crippen MR) is 68.3 cm³/mol. The van der Waals surface area contributed by atoms with E-state index in [1.165, 1.54) is 0 Å². The van der Waals surface area contributed by atoms with Crippen LogP contribution < -0.4 is 0 Å². The van der Waals surface area contributed by atoms with E-state index in [0.717, 1.165) is 11.1 Å². The molecule has 0 aliphatic carbocycles. The maximum atomic E-state index is 9.04. The van der Waals surface area contributed by atoms with Gasteiger partial charge in [0.1, 0.15) is 0 Å². The number of ether oxygens (including phenoxy) is 1. The van der Waals surface area contributed by atoms with E-state index in [-0.39, 0.29) is 25.4 Å². The lowest BCUT2D eigenvalue weighted by Crippen LogP contribution is -2.18. The van der Waals surface area contributed by atoms with Crippen molar-refractivity contribution in [3.05, 3.63) is 34.3 Å². The first-order valence-electron chi connectivity index (χ1n) is 5.71. The van der Waals surface area contributed by atoms with E-state index in [1.807, 2.05) is 25.1 Å². The number of aliphatic hydroxyl groups is 2. The van der Waals surface area contributed by atoms with Gasteiger partial charge >= 0.3 is 0 Å². The third kappa shape index (κ3) is 4.28. The highest BCUT2D eigenvalue weighted by atomic mass is 35.5. The number of hydrogen-bond acceptors (Lipinski definition) is 3. The first-order valence-corrected chi connectivity index (χ1v) is 6.09. The van der Waals surface area contributed by atoms with Crippen LogP contribution in [0, 0.1) is 6.92 Å². The topological polar surface area (TPSA) is 49.7 Å². The van der Waals surface area contributed by atoms with Crippen LogP contribution >= 0.6 is 11.6 Å². The van der Waals surface area contributed by atoms with E-state index < -0.39 is 0 Å². The molecule has 1 unspecified atom stereocenters. The zero-order valence-corrected chi connectivity index (χ0v) is 10.9. The van der Waals surface area contributed by atoms with Crippen LogP contribution in [0.1, 0.15) is 30.6 Å².